The summed E-state index contributed by atoms with van der Waals surface area (Å²) in [5, 5.41) is 3.71. The molecule has 0 amide bonds. The summed E-state index contributed by atoms with van der Waals surface area (Å²) >= 11 is 6.09. The third-order valence-corrected chi connectivity index (χ3v) is 3.83. The second-order valence-corrected chi connectivity index (χ2v) is 4.91. The molecule has 1 aromatic carbocycles. The predicted molar refractivity (Wildman–Crippen MR) is 65.5 cm³/mol. The van der Waals surface area contributed by atoms with Crippen LogP contribution in [0.4, 0.5) is 4.39 Å². The van der Waals surface area contributed by atoms with Crippen LogP contribution in [-0.4, -0.2) is 6.54 Å². The van der Waals surface area contributed by atoms with Crippen molar-refractivity contribution in [1.29, 1.82) is 0 Å². The molecule has 0 aliphatic carbocycles. The van der Waals surface area contributed by atoms with Crippen LogP contribution in [0.5, 0.6) is 0 Å². The first-order valence-corrected chi connectivity index (χ1v) is 6.17. The van der Waals surface area contributed by atoms with Crippen LogP contribution in [0.3, 0.4) is 0 Å². The molecule has 1 nitrogen and oxygen atoms in total. The molecule has 0 aromatic heterocycles. The van der Waals surface area contributed by atoms with Gasteiger partial charge in [-0.05, 0) is 56.0 Å². The lowest BCUT2D eigenvalue weighted by Crippen LogP contribution is -2.28. The Hall–Kier alpha value is -0.600. The number of aryl methyl sites for hydroxylation is 1. The van der Waals surface area contributed by atoms with E-state index in [0.717, 1.165) is 29.7 Å². The molecule has 88 valence electrons. The summed E-state index contributed by atoms with van der Waals surface area (Å²) in [5.41, 5.74) is 3.05. The second kappa shape index (κ2) is 4.72. The number of rotatable bonds is 1. The number of hydrogen-bond donors (Lipinski definition) is 1. The molecule has 3 heteroatoms. The molecule has 1 fully saturated rings. The van der Waals surface area contributed by atoms with Crippen molar-refractivity contribution in [2.24, 2.45) is 0 Å². The summed E-state index contributed by atoms with van der Waals surface area (Å²) in [6.07, 6.45) is 3.42. The van der Waals surface area contributed by atoms with E-state index in [9.17, 15) is 4.39 Å². The fourth-order valence-corrected chi connectivity index (χ4v) is 2.71. The Morgan fingerprint density at radius 3 is 2.75 bits per heavy atom. The molecule has 1 aliphatic heterocycles. The lowest BCUT2D eigenvalue weighted by Gasteiger charge is -2.27. The van der Waals surface area contributed by atoms with Crippen LogP contribution in [0.2, 0.25) is 5.02 Å². The molecule has 1 atom stereocenters. The normalized spacial score (nSPS) is 21.1. The van der Waals surface area contributed by atoms with Crippen molar-refractivity contribution in [3.63, 3.8) is 0 Å². The van der Waals surface area contributed by atoms with Gasteiger partial charge >= 0.3 is 0 Å². The number of nitrogens with one attached hydrogen (secondary N) is 1. The Morgan fingerprint density at radius 2 is 2.12 bits per heavy atom. The molecule has 0 bridgehead atoms. The van der Waals surface area contributed by atoms with Gasteiger partial charge in [0.1, 0.15) is 5.82 Å². The molecule has 1 aliphatic rings. The highest BCUT2D eigenvalue weighted by atomic mass is 35.5. The summed E-state index contributed by atoms with van der Waals surface area (Å²) < 4.78 is 13.6. The van der Waals surface area contributed by atoms with Crippen molar-refractivity contribution in [3.05, 3.63) is 33.6 Å². The number of halogens is 2. The van der Waals surface area contributed by atoms with Crippen LogP contribution in [0.1, 0.15) is 42.0 Å². The fourth-order valence-electron chi connectivity index (χ4n) is 2.38. The molecule has 0 radical (unpaired) electrons. The standard InChI is InChI=1S/C13H17ClFN/c1-8-7-10(15)13(14)12(9(8)2)11-5-3-4-6-16-11/h7,11,16H,3-6H2,1-2H3. The highest BCUT2D eigenvalue weighted by molar-refractivity contribution is 6.31. The van der Waals surface area contributed by atoms with Gasteiger partial charge in [-0.15, -0.1) is 0 Å². The number of benzene rings is 1. The van der Waals surface area contributed by atoms with Crippen molar-refractivity contribution in [2.75, 3.05) is 6.54 Å². The van der Waals surface area contributed by atoms with Gasteiger partial charge in [0.15, 0.2) is 0 Å². The molecule has 1 unspecified atom stereocenters. The predicted octanol–water partition coefficient (Wildman–Crippen LogP) is 3.91. The molecule has 1 saturated heterocycles. The van der Waals surface area contributed by atoms with Crippen LogP contribution in [0.25, 0.3) is 0 Å². The minimum atomic E-state index is -0.299. The SMILES string of the molecule is Cc1cc(F)c(Cl)c(C2CCCCN2)c1C. The van der Waals surface area contributed by atoms with E-state index in [4.69, 9.17) is 11.6 Å². The van der Waals surface area contributed by atoms with Gasteiger partial charge in [-0.25, -0.2) is 4.39 Å². The zero-order valence-electron chi connectivity index (χ0n) is 9.74. The molecule has 2 rings (SSSR count). The molecule has 1 N–H and O–H groups in total. The van der Waals surface area contributed by atoms with Crippen LogP contribution in [0.15, 0.2) is 6.07 Å². The largest absolute Gasteiger partial charge is 0.310 e. The first kappa shape index (κ1) is 11.9. The Balaban J connectivity index is 2.45. The highest BCUT2D eigenvalue weighted by Crippen LogP contribution is 2.34. The average molecular weight is 242 g/mol. The smallest absolute Gasteiger partial charge is 0.142 e. The Bertz CT molecular complexity index is 371. The van der Waals surface area contributed by atoms with E-state index in [2.05, 4.69) is 5.32 Å². The van der Waals surface area contributed by atoms with E-state index in [1.807, 2.05) is 13.8 Å². The topological polar surface area (TPSA) is 12.0 Å². The van der Waals surface area contributed by atoms with E-state index in [1.165, 1.54) is 18.9 Å². The third-order valence-electron chi connectivity index (χ3n) is 3.44. The highest BCUT2D eigenvalue weighted by Gasteiger charge is 2.22. The average Bonchev–Trinajstić information content (AvgIpc) is 2.28. The molecule has 16 heavy (non-hydrogen) atoms. The maximum absolute atomic E-state index is 13.6. The van der Waals surface area contributed by atoms with Gasteiger partial charge in [-0.3, -0.25) is 0 Å². The maximum Gasteiger partial charge on any atom is 0.142 e. The summed E-state index contributed by atoms with van der Waals surface area (Å²) in [6, 6.07) is 1.74. The zero-order valence-corrected chi connectivity index (χ0v) is 10.5. The van der Waals surface area contributed by atoms with Crippen LogP contribution in [0, 0.1) is 19.7 Å². The van der Waals surface area contributed by atoms with Gasteiger partial charge in [0.05, 0.1) is 5.02 Å². The summed E-state index contributed by atoms with van der Waals surface area (Å²) in [6.45, 7) is 4.95. The van der Waals surface area contributed by atoms with Gasteiger partial charge in [-0.2, -0.15) is 0 Å². The lowest BCUT2D eigenvalue weighted by atomic mass is 9.92. The molecule has 0 saturated carbocycles. The Labute approximate surface area is 101 Å². The summed E-state index contributed by atoms with van der Waals surface area (Å²) in [7, 11) is 0. The molecule has 0 spiro atoms. The van der Waals surface area contributed by atoms with Crippen molar-refractivity contribution in [1.82, 2.24) is 5.32 Å². The maximum atomic E-state index is 13.6. The summed E-state index contributed by atoms with van der Waals surface area (Å²) in [5.74, 6) is -0.299. The fraction of sp³-hybridized carbons (Fsp3) is 0.538. The second-order valence-electron chi connectivity index (χ2n) is 4.53. The zero-order chi connectivity index (χ0) is 11.7. The van der Waals surface area contributed by atoms with E-state index < -0.39 is 0 Å². The molecule has 1 heterocycles. The van der Waals surface area contributed by atoms with Crippen molar-refractivity contribution in [2.45, 2.75) is 39.2 Å². The van der Waals surface area contributed by atoms with E-state index >= 15 is 0 Å². The monoisotopic (exact) mass is 241 g/mol. The van der Waals surface area contributed by atoms with Crippen molar-refractivity contribution in [3.8, 4) is 0 Å². The quantitative estimate of drug-likeness (QED) is 0.786. The van der Waals surface area contributed by atoms with Gasteiger partial charge in [0.25, 0.3) is 0 Å². The van der Waals surface area contributed by atoms with Crippen LogP contribution >= 0.6 is 11.6 Å². The first-order chi connectivity index (χ1) is 7.61. The summed E-state index contributed by atoms with van der Waals surface area (Å²) in [4.78, 5) is 0. The van der Waals surface area contributed by atoms with Crippen molar-refractivity contribution >= 4 is 11.6 Å². The number of piperidine rings is 1. The Morgan fingerprint density at radius 1 is 1.38 bits per heavy atom. The van der Waals surface area contributed by atoms with Crippen molar-refractivity contribution < 1.29 is 4.39 Å². The molecular formula is C13H17ClFN. The van der Waals surface area contributed by atoms with Crippen LogP contribution in [-0.2, 0) is 0 Å². The van der Waals surface area contributed by atoms with Gasteiger partial charge in [0, 0.05) is 6.04 Å². The first-order valence-electron chi connectivity index (χ1n) is 5.79. The minimum absolute atomic E-state index is 0.218. The minimum Gasteiger partial charge on any atom is -0.310 e. The Kier molecular flexibility index (Phi) is 3.50. The molecular weight excluding hydrogens is 225 g/mol. The van der Waals surface area contributed by atoms with E-state index in [1.54, 1.807) is 0 Å². The molecule has 1 aromatic rings. The van der Waals surface area contributed by atoms with Crippen LogP contribution < -0.4 is 5.32 Å². The van der Waals surface area contributed by atoms with E-state index in [-0.39, 0.29) is 11.9 Å². The number of hydrogen-bond acceptors (Lipinski definition) is 1. The third kappa shape index (κ3) is 2.09. The lowest BCUT2D eigenvalue weighted by molar-refractivity contribution is 0.409. The van der Waals surface area contributed by atoms with Gasteiger partial charge in [0.2, 0.25) is 0 Å². The van der Waals surface area contributed by atoms with Gasteiger partial charge < -0.3 is 5.32 Å². The van der Waals surface area contributed by atoms with E-state index in [0.29, 0.717) is 5.02 Å². The van der Waals surface area contributed by atoms with Gasteiger partial charge in [-0.1, -0.05) is 18.0 Å².